The largest absolute Gasteiger partial charge is 0.444 e. The minimum absolute atomic E-state index is 0.232. The molecule has 0 aromatic heterocycles. The van der Waals surface area contributed by atoms with Gasteiger partial charge in [0.15, 0.2) is 0 Å². The van der Waals surface area contributed by atoms with Crippen LogP contribution in [0.1, 0.15) is 54.4 Å². The smallest absolute Gasteiger partial charge is 0.411 e. The standard InChI is InChI=1S/C19H33N3O5/c1-12(2)10-20-15(24)14(13(3)23)21-11-19(16(21)25)8-7-9-22(19)17(26)27-18(4,5)6/h12-14,23H,7-11H2,1-6H3,(H,20,24)/t13-,14?,19?/m1/s1. The van der Waals surface area contributed by atoms with Crippen molar-refractivity contribution in [3.05, 3.63) is 0 Å². The van der Waals surface area contributed by atoms with E-state index in [0.29, 0.717) is 25.9 Å². The Balaban J connectivity index is 2.12. The van der Waals surface area contributed by atoms with Gasteiger partial charge in [0.2, 0.25) is 5.91 Å². The lowest BCUT2D eigenvalue weighted by atomic mass is 9.83. The number of β-lactam (4-membered cyclic amide) rings is 1. The number of hydrogen-bond donors (Lipinski definition) is 2. The quantitative estimate of drug-likeness (QED) is 0.693. The number of aliphatic hydroxyl groups excluding tert-OH is 1. The molecular weight excluding hydrogens is 350 g/mol. The second-order valence-electron chi connectivity index (χ2n) is 9.02. The van der Waals surface area contributed by atoms with Gasteiger partial charge < -0.3 is 20.1 Å². The fourth-order valence-electron chi connectivity index (χ4n) is 3.70. The molecule has 0 radical (unpaired) electrons. The maximum Gasteiger partial charge on any atom is 0.411 e. The molecule has 27 heavy (non-hydrogen) atoms. The second-order valence-corrected chi connectivity index (χ2v) is 9.02. The molecule has 3 amide bonds. The van der Waals surface area contributed by atoms with Crippen LogP contribution in [0.15, 0.2) is 0 Å². The van der Waals surface area contributed by atoms with E-state index in [0.717, 1.165) is 0 Å². The summed E-state index contributed by atoms with van der Waals surface area (Å²) >= 11 is 0. The maximum absolute atomic E-state index is 13.0. The van der Waals surface area contributed by atoms with E-state index in [4.69, 9.17) is 4.74 Å². The summed E-state index contributed by atoms with van der Waals surface area (Å²) in [6, 6.07) is -0.956. The van der Waals surface area contributed by atoms with Crippen molar-refractivity contribution in [2.24, 2.45) is 5.92 Å². The molecule has 2 N–H and O–H groups in total. The summed E-state index contributed by atoms with van der Waals surface area (Å²) in [7, 11) is 0. The van der Waals surface area contributed by atoms with Gasteiger partial charge in [-0.3, -0.25) is 14.5 Å². The zero-order valence-corrected chi connectivity index (χ0v) is 17.2. The van der Waals surface area contributed by atoms with Crippen molar-refractivity contribution in [1.82, 2.24) is 15.1 Å². The summed E-state index contributed by atoms with van der Waals surface area (Å²) in [4.78, 5) is 41.0. The molecule has 0 aliphatic carbocycles. The average molecular weight is 383 g/mol. The first kappa shape index (κ1) is 21.5. The van der Waals surface area contributed by atoms with E-state index in [1.807, 2.05) is 13.8 Å². The Morgan fingerprint density at radius 1 is 1.30 bits per heavy atom. The zero-order valence-electron chi connectivity index (χ0n) is 17.2. The molecule has 2 fully saturated rings. The molecule has 0 aromatic rings. The van der Waals surface area contributed by atoms with Gasteiger partial charge in [0.1, 0.15) is 17.2 Å². The van der Waals surface area contributed by atoms with Gasteiger partial charge in [-0.1, -0.05) is 13.8 Å². The van der Waals surface area contributed by atoms with E-state index in [1.54, 1.807) is 20.8 Å². The third-order valence-electron chi connectivity index (χ3n) is 4.94. The Morgan fingerprint density at radius 2 is 1.93 bits per heavy atom. The van der Waals surface area contributed by atoms with Crippen molar-refractivity contribution in [3.63, 3.8) is 0 Å². The number of nitrogens with zero attached hydrogens (tertiary/aromatic N) is 2. The molecule has 3 atom stereocenters. The van der Waals surface area contributed by atoms with Gasteiger partial charge >= 0.3 is 6.09 Å². The molecule has 2 aliphatic rings. The molecular formula is C19H33N3O5. The van der Waals surface area contributed by atoms with Gasteiger partial charge in [-0.25, -0.2) is 4.79 Å². The van der Waals surface area contributed by atoms with Crippen LogP contribution in [0.4, 0.5) is 4.79 Å². The molecule has 0 aromatic carbocycles. The van der Waals surface area contributed by atoms with Crippen molar-refractivity contribution >= 4 is 17.9 Å². The summed E-state index contributed by atoms with van der Waals surface area (Å²) in [5.41, 5.74) is -1.60. The van der Waals surface area contributed by atoms with Gasteiger partial charge in [-0.15, -0.1) is 0 Å². The Kier molecular flexibility index (Phi) is 6.09. The third kappa shape index (κ3) is 4.36. The fourth-order valence-corrected chi connectivity index (χ4v) is 3.70. The second kappa shape index (κ2) is 7.66. The Morgan fingerprint density at radius 3 is 2.41 bits per heavy atom. The van der Waals surface area contributed by atoms with Crippen LogP contribution in [0.3, 0.4) is 0 Å². The zero-order chi connectivity index (χ0) is 20.6. The lowest BCUT2D eigenvalue weighted by Gasteiger charge is -2.53. The minimum atomic E-state index is -1.00. The van der Waals surface area contributed by atoms with Crippen LogP contribution in [0.25, 0.3) is 0 Å². The lowest BCUT2D eigenvalue weighted by molar-refractivity contribution is -0.171. The summed E-state index contributed by atoms with van der Waals surface area (Å²) in [6.07, 6.45) is -0.264. The first-order valence-corrected chi connectivity index (χ1v) is 9.66. The number of amides is 3. The topological polar surface area (TPSA) is 99.2 Å². The van der Waals surface area contributed by atoms with Crippen LogP contribution < -0.4 is 5.32 Å². The van der Waals surface area contributed by atoms with Crippen LogP contribution in [0.2, 0.25) is 0 Å². The summed E-state index contributed by atoms with van der Waals surface area (Å²) < 4.78 is 5.44. The average Bonchev–Trinajstić information content (AvgIpc) is 2.97. The number of likely N-dealkylation sites (tertiary alicyclic amines) is 2. The third-order valence-corrected chi connectivity index (χ3v) is 4.94. The molecule has 2 unspecified atom stereocenters. The molecule has 8 nitrogen and oxygen atoms in total. The van der Waals surface area contributed by atoms with Crippen LogP contribution in [-0.4, -0.2) is 75.7 Å². The summed E-state index contributed by atoms with van der Waals surface area (Å²) in [5, 5.41) is 12.9. The lowest BCUT2D eigenvalue weighted by Crippen LogP contribution is -2.77. The van der Waals surface area contributed by atoms with Gasteiger partial charge in [-0.05, 0) is 46.5 Å². The number of ether oxygens (including phenoxy) is 1. The van der Waals surface area contributed by atoms with Crippen LogP contribution in [0, 0.1) is 5.92 Å². The first-order valence-electron chi connectivity index (χ1n) is 9.66. The van der Waals surface area contributed by atoms with Crippen molar-refractivity contribution in [3.8, 4) is 0 Å². The van der Waals surface area contributed by atoms with Crippen LogP contribution in [-0.2, 0) is 14.3 Å². The maximum atomic E-state index is 13.0. The molecule has 2 saturated heterocycles. The summed E-state index contributed by atoms with van der Waals surface area (Å²) in [5.74, 6) is -0.403. The van der Waals surface area contributed by atoms with E-state index in [1.165, 1.54) is 16.7 Å². The molecule has 8 heteroatoms. The number of carbonyl (C=O) groups is 3. The Bertz CT molecular complexity index is 599. The molecule has 2 rings (SSSR count). The monoisotopic (exact) mass is 383 g/mol. The highest BCUT2D eigenvalue weighted by atomic mass is 16.6. The van der Waals surface area contributed by atoms with Gasteiger partial charge in [-0.2, -0.15) is 0 Å². The van der Waals surface area contributed by atoms with E-state index in [9.17, 15) is 19.5 Å². The first-order chi connectivity index (χ1) is 12.4. The predicted molar refractivity (Wildman–Crippen MR) is 99.9 cm³/mol. The highest BCUT2D eigenvalue weighted by Crippen LogP contribution is 2.41. The normalized spacial score (nSPS) is 24.8. The van der Waals surface area contributed by atoms with Crippen molar-refractivity contribution in [1.29, 1.82) is 0 Å². The van der Waals surface area contributed by atoms with Crippen molar-refractivity contribution in [2.45, 2.75) is 77.7 Å². The Hall–Kier alpha value is -1.83. The number of rotatable bonds is 5. The molecule has 0 saturated carbocycles. The number of nitrogens with one attached hydrogen (secondary N) is 1. The number of hydrogen-bond acceptors (Lipinski definition) is 5. The highest BCUT2D eigenvalue weighted by molar-refractivity contribution is 5.99. The predicted octanol–water partition coefficient (Wildman–Crippen LogP) is 1.12. The molecule has 2 aliphatic heterocycles. The van der Waals surface area contributed by atoms with Gasteiger partial charge in [0.25, 0.3) is 5.91 Å². The molecule has 1 spiro atoms. The van der Waals surface area contributed by atoms with Crippen molar-refractivity contribution in [2.75, 3.05) is 19.6 Å². The summed E-state index contributed by atoms with van der Waals surface area (Å²) in [6.45, 7) is 11.9. The number of carbonyl (C=O) groups excluding carboxylic acids is 3. The van der Waals surface area contributed by atoms with Crippen LogP contribution in [0.5, 0.6) is 0 Å². The van der Waals surface area contributed by atoms with Crippen molar-refractivity contribution < 1.29 is 24.2 Å². The molecule has 154 valence electrons. The highest BCUT2D eigenvalue weighted by Gasteiger charge is 2.62. The number of aliphatic hydroxyl groups is 1. The van der Waals surface area contributed by atoms with Gasteiger partial charge in [0.05, 0.1) is 12.6 Å². The SMILES string of the molecule is CC(C)CNC(=O)C([C@@H](C)O)N1CC2(CCCN2C(=O)OC(C)(C)C)C1=O. The van der Waals surface area contributed by atoms with E-state index in [2.05, 4.69) is 5.32 Å². The molecule has 0 bridgehead atoms. The molecule has 2 heterocycles. The van der Waals surface area contributed by atoms with E-state index >= 15 is 0 Å². The fraction of sp³-hybridized carbons (Fsp3) is 0.842. The minimum Gasteiger partial charge on any atom is -0.444 e. The van der Waals surface area contributed by atoms with Gasteiger partial charge in [0, 0.05) is 13.1 Å². The van der Waals surface area contributed by atoms with Crippen LogP contribution >= 0.6 is 0 Å². The van der Waals surface area contributed by atoms with E-state index in [-0.39, 0.29) is 24.3 Å². The Labute approximate surface area is 161 Å². The van der Waals surface area contributed by atoms with E-state index < -0.39 is 29.4 Å².